The first-order valence-corrected chi connectivity index (χ1v) is 12.0. The molecule has 0 atom stereocenters. The van der Waals surface area contributed by atoms with Crippen molar-refractivity contribution >= 4 is 23.2 Å². The van der Waals surface area contributed by atoms with Crippen molar-refractivity contribution in [3.8, 4) is 5.69 Å². The molecule has 0 unspecified atom stereocenters. The number of halogens is 1. The molecular formula is C25H31ClN6O2. The Balaban J connectivity index is 1.42. The number of carbonyl (C=O) groups excluding carboxylic acids is 1. The van der Waals surface area contributed by atoms with E-state index in [-0.39, 0.29) is 16.5 Å². The smallest absolute Gasteiger partial charge is 0.292 e. The third kappa shape index (κ3) is 4.87. The van der Waals surface area contributed by atoms with Gasteiger partial charge in [0.2, 0.25) is 5.91 Å². The molecule has 0 radical (unpaired) electrons. The zero-order valence-corrected chi connectivity index (χ0v) is 20.9. The standard InChI is InChI=1S/C25H31ClN6O2/c1-17(2)16-31-19(4)21(18(3)28-31)14-23(33)30-12-10-29(11-13-30)22-15-27-32(25(34)24(22)26)20-8-6-5-7-9-20/h5-9,15,17H,10-14,16H2,1-4H3. The summed E-state index contributed by atoms with van der Waals surface area (Å²) >= 11 is 6.46. The van der Waals surface area contributed by atoms with Crippen LogP contribution >= 0.6 is 11.6 Å². The minimum atomic E-state index is -0.353. The first kappa shape index (κ1) is 24.0. The van der Waals surface area contributed by atoms with Gasteiger partial charge in [0.25, 0.3) is 5.56 Å². The van der Waals surface area contributed by atoms with Crippen molar-refractivity contribution < 1.29 is 4.79 Å². The first-order valence-electron chi connectivity index (χ1n) is 11.6. The molecule has 3 heterocycles. The molecule has 0 saturated carbocycles. The van der Waals surface area contributed by atoms with Crippen LogP contribution in [0, 0.1) is 19.8 Å². The fraction of sp³-hybridized carbons (Fsp3) is 0.440. The van der Waals surface area contributed by atoms with E-state index < -0.39 is 0 Å². The SMILES string of the molecule is Cc1nn(CC(C)C)c(C)c1CC(=O)N1CCN(c2cnn(-c3ccccc3)c(=O)c2Cl)CC1. The van der Waals surface area contributed by atoms with Crippen LogP contribution in [0.2, 0.25) is 5.02 Å². The van der Waals surface area contributed by atoms with Crippen LogP contribution in [0.5, 0.6) is 0 Å². The van der Waals surface area contributed by atoms with Gasteiger partial charge in [0.05, 0.1) is 29.7 Å². The van der Waals surface area contributed by atoms with E-state index in [0.717, 1.165) is 23.5 Å². The van der Waals surface area contributed by atoms with Crippen molar-refractivity contribution in [3.63, 3.8) is 0 Å². The van der Waals surface area contributed by atoms with E-state index in [2.05, 4.69) is 24.0 Å². The molecule has 1 amide bonds. The summed E-state index contributed by atoms with van der Waals surface area (Å²) in [5, 5.41) is 9.10. The average molecular weight is 483 g/mol. The minimum Gasteiger partial charge on any atom is -0.365 e. The summed E-state index contributed by atoms with van der Waals surface area (Å²) in [6.45, 7) is 11.5. The van der Waals surface area contributed by atoms with Gasteiger partial charge in [0.15, 0.2) is 0 Å². The predicted molar refractivity (Wildman–Crippen MR) is 134 cm³/mol. The molecule has 4 rings (SSSR count). The molecule has 0 aliphatic carbocycles. The summed E-state index contributed by atoms with van der Waals surface area (Å²) in [5.74, 6) is 0.587. The molecule has 3 aromatic rings. The first-order chi connectivity index (χ1) is 16.3. The van der Waals surface area contributed by atoms with Crippen LogP contribution in [0.15, 0.2) is 41.3 Å². The van der Waals surface area contributed by atoms with Gasteiger partial charge in [0.1, 0.15) is 5.02 Å². The number of benzene rings is 1. The van der Waals surface area contributed by atoms with Gasteiger partial charge in [0, 0.05) is 44.0 Å². The maximum atomic E-state index is 13.0. The number of carbonyl (C=O) groups is 1. The van der Waals surface area contributed by atoms with Gasteiger partial charge in [-0.2, -0.15) is 14.9 Å². The van der Waals surface area contributed by atoms with E-state index in [4.69, 9.17) is 11.6 Å². The van der Waals surface area contributed by atoms with Crippen molar-refractivity contribution in [2.24, 2.45) is 5.92 Å². The predicted octanol–water partition coefficient (Wildman–Crippen LogP) is 3.25. The second-order valence-electron chi connectivity index (χ2n) is 9.17. The van der Waals surface area contributed by atoms with Crippen molar-refractivity contribution in [1.29, 1.82) is 0 Å². The highest BCUT2D eigenvalue weighted by atomic mass is 35.5. The topological polar surface area (TPSA) is 76.3 Å². The summed E-state index contributed by atoms with van der Waals surface area (Å²) in [6, 6.07) is 9.20. The highest BCUT2D eigenvalue weighted by Crippen LogP contribution is 2.24. The third-order valence-electron chi connectivity index (χ3n) is 6.27. The number of anilines is 1. The lowest BCUT2D eigenvalue weighted by Crippen LogP contribution is -2.49. The molecule has 0 spiro atoms. The van der Waals surface area contributed by atoms with Gasteiger partial charge in [-0.25, -0.2) is 0 Å². The monoisotopic (exact) mass is 482 g/mol. The van der Waals surface area contributed by atoms with E-state index >= 15 is 0 Å². The lowest BCUT2D eigenvalue weighted by molar-refractivity contribution is -0.130. The fourth-order valence-corrected chi connectivity index (χ4v) is 4.62. The second kappa shape index (κ2) is 10.0. The Morgan fingerprint density at radius 3 is 2.41 bits per heavy atom. The molecule has 1 aliphatic rings. The maximum Gasteiger partial charge on any atom is 0.292 e. The van der Waals surface area contributed by atoms with Gasteiger partial charge in [-0.1, -0.05) is 43.6 Å². The molecule has 0 bridgehead atoms. The maximum absolute atomic E-state index is 13.0. The normalized spacial score (nSPS) is 14.2. The van der Waals surface area contributed by atoms with Crippen molar-refractivity contribution in [3.05, 3.63) is 68.9 Å². The Hall–Kier alpha value is -3.13. The summed E-state index contributed by atoms with van der Waals surface area (Å²) in [4.78, 5) is 29.8. The molecule has 34 heavy (non-hydrogen) atoms. The number of piperazine rings is 1. The van der Waals surface area contributed by atoms with E-state index in [1.54, 1.807) is 6.20 Å². The van der Waals surface area contributed by atoms with Crippen LogP contribution in [-0.2, 0) is 17.8 Å². The van der Waals surface area contributed by atoms with Gasteiger partial charge in [-0.15, -0.1) is 0 Å². The molecule has 1 saturated heterocycles. The molecular weight excluding hydrogens is 452 g/mol. The van der Waals surface area contributed by atoms with Gasteiger partial charge < -0.3 is 9.80 Å². The third-order valence-corrected chi connectivity index (χ3v) is 6.63. The molecule has 1 aromatic carbocycles. The van der Waals surface area contributed by atoms with Crippen LogP contribution in [0.1, 0.15) is 30.8 Å². The Morgan fingerprint density at radius 2 is 1.76 bits per heavy atom. The number of rotatable bonds is 6. The number of hydrogen-bond acceptors (Lipinski definition) is 5. The Labute approximate surface area is 204 Å². The van der Waals surface area contributed by atoms with E-state index in [1.807, 2.05) is 58.7 Å². The molecule has 1 fully saturated rings. The summed E-state index contributed by atoms with van der Waals surface area (Å²) in [7, 11) is 0. The van der Waals surface area contributed by atoms with E-state index in [1.165, 1.54) is 4.68 Å². The molecule has 1 aliphatic heterocycles. The van der Waals surface area contributed by atoms with Crippen molar-refractivity contribution in [2.75, 3.05) is 31.1 Å². The lowest BCUT2D eigenvalue weighted by Gasteiger charge is -2.36. The van der Waals surface area contributed by atoms with Crippen molar-refractivity contribution in [2.45, 2.75) is 40.7 Å². The van der Waals surface area contributed by atoms with Crippen LogP contribution in [0.25, 0.3) is 5.69 Å². The highest BCUT2D eigenvalue weighted by molar-refractivity contribution is 6.33. The van der Waals surface area contributed by atoms with Gasteiger partial charge in [-0.3, -0.25) is 14.3 Å². The number of aryl methyl sites for hydroxylation is 1. The van der Waals surface area contributed by atoms with Gasteiger partial charge in [-0.05, 0) is 31.9 Å². The molecule has 2 aromatic heterocycles. The summed E-state index contributed by atoms with van der Waals surface area (Å²) < 4.78 is 3.31. The minimum absolute atomic E-state index is 0.0960. The Bertz CT molecular complexity index is 1230. The van der Waals surface area contributed by atoms with Crippen LogP contribution in [0.3, 0.4) is 0 Å². The van der Waals surface area contributed by atoms with Crippen LogP contribution in [0.4, 0.5) is 5.69 Å². The quantitative estimate of drug-likeness (QED) is 0.539. The van der Waals surface area contributed by atoms with Crippen LogP contribution in [-0.4, -0.2) is 56.5 Å². The number of nitrogens with zero attached hydrogens (tertiary/aromatic N) is 6. The number of hydrogen-bond donors (Lipinski definition) is 0. The number of para-hydroxylation sites is 1. The molecule has 9 heteroatoms. The van der Waals surface area contributed by atoms with E-state index in [0.29, 0.717) is 49.9 Å². The summed E-state index contributed by atoms with van der Waals surface area (Å²) in [5.41, 5.74) is 3.92. The molecule has 0 N–H and O–H groups in total. The van der Waals surface area contributed by atoms with Crippen LogP contribution < -0.4 is 10.5 Å². The summed E-state index contributed by atoms with van der Waals surface area (Å²) in [6.07, 6.45) is 1.98. The fourth-order valence-electron chi connectivity index (χ4n) is 4.37. The molecule has 8 nitrogen and oxygen atoms in total. The lowest BCUT2D eigenvalue weighted by atomic mass is 10.1. The largest absolute Gasteiger partial charge is 0.365 e. The van der Waals surface area contributed by atoms with Gasteiger partial charge >= 0.3 is 0 Å². The average Bonchev–Trinajstić information content (AvgIpc) is 3.08. The van der Waals surface area contributed by atoms with E-state index in [9.17, 15) is 9.59 Å². The Kier molecular flexibility index (Phi) is 7.07. The number of amides is 1. The molecule has 180 valence electrons. The second-order valence-corrected chi connectivity index (χ2v) is 9.54. The Morgan fingerprint density at radius 1 is 1.09 bits per heavy atom. The van der Waals surface area contributed by atoms with Crippen molar-refractivity contribution in [1.82, 2.24) is 24.5 Å². The zero-order chi connectivity index (χ0) is 24.4. The highest BCUT2D eigenvalue weighted by Gasteiger charge is 2.26. The number of aromatic nitrogens is 4. The zero-order valence-electron chi connectivity index (χ0n) is 20.2.